The second-order valence-electron chi connectivity index (χ2n) is 6.39. The van der Waals surface area contributed by atoms with Crippen molar-refractivity contribution in [3.05, 3.63) is 65.5 Å². The molecule has 1 aliphatic rings. The van der Waals surface area contributed by atoms with Gasteiger partial charge in [-0.1, -0.05) is 47.1 Å². The molecular weight excluding hydrogens is 380 g/mol. The van der Waals surface area contributed by atoms with Gasteiger partial charge in [0.2, 0.25) is 23.5 Å². The molecule has 1 N–H and O–H groups in total. The van der Waals surface area contributed by atoms with Crippen LogP contribution in [-0.2, 0) is 16.1 Å². The molecule has 0 aliphatic carbocycles. The highest BCUT2D eigenvalue weighted by atomic mass is 35.5. The standard InChI is InChI=1S/C20H17ClN4O3/c21-14-6-4-5-13(11-14)19-23-17(28-24-19)12-22-20(27)16-9-10-18(26)25(16)15-7-2-1-3-8-15/h1-8,11,16H,9-10,12H2,(H,22,27). The van der Waals surface area contributed by atoms with E-state index in [0.29, 0.717) is 29.4 Å². The molecule has 142 valence electrons. The number of aromatic nitrogens is 2. The van der Waals surface area contributed by atoms with E-state index in [0.717, 1.165) is 5.56 Å². The lowest BCUT2D eigenvalue weighted by atomic mass is 10.2. The molecule has 4 rings (SSSR count). The van der Waals surface area contributed by atoms with Crippen molar-refractivity contribution >= 4 is 29.1 Å². The molecule has 1 aliphatic heterocycles. The second-order valence-corrected chi connectivity index (χ2v) is 6.83. The molecular formula is C20H17ClN4O3. The van der Waals surface area contributed by atoms with Crippen molar-refractivity contribution in [1.29, 1.82) is 0 Å². The van der Waals surface area contributed by atoms with Crippen LogP contribution in [0.5, 0.6) is 0 Å². The Morgan fingerprint density at radius 1 is 1.21 bits per heavy atom. The Morgan fingerprint density at radius 3 is 2.82 bits per heavy atom. The number of carbonyl (C=O) groups excluding carboxylic acids is 2. The van der Waals surface area contributed by atoms with E-state index in [2.05, 4.69) is 15.5 Å². The Hall–Kier alpha value is -3.19. The average Bonchev–Trinajstić information content (AvgIpc) is 3.33. The molecule has 1 unspecified atom stereocenters. The summed E-state index contributed by atoms with van der Waals surface area (Å²) in [5, 5.41) is 7.27. The van der Waals surface area contributed by atoms with Crippen molar-refractivity contribution < 1.29 is 14.1 Å². The first-order chi connectivity index (χ1) is 13.6. The zero-order valence-electron chi connectivity index (χ0n) is 14.8. The lowest BCUT2D eigenvalue weighted by molar-refractivity contribution is -0.124. The lowest BCUT2D eigenvalue weighted by Crippen LogP contribution is -2.44. The number of hydrogen-bond acceptors (Lipinski definition) is 5. The maximum Gasteiger partial charge on any atom is 0.246 e. The van der Waals surface area contributed by atoms with Crippen LogP contribution in [0.1, 0.15) is 18.7 Å². The third kappa shape index (κ3) is 3.75. The van der Waals surface area contributed by atoms with E-state index >= 15 is 0 Å². The Kier molecular flexibility index (Phi) is 5.08. The van der Waals surface area contributed by atoms with Crippen LogP contribution < -0.4 is 10.2 Å². The van der Waals surface area contributed by atoms with Crippen LogP contribution in [0.2, 0.25) is 5.02 Å². The van der Waals surface area contributed by atoms with Gasteiger partial charge in [0.1, 0.15) is 6.04 Å². The minimum absolute atomic E-state index is 0.0626. The number of nitrogens with zero attached hydrogens (tertiary/aromatic N) is 3. The number of amides is 2. The van der Waals surface area contributed by atoms with Crippen molar-refractivity contribution in [2.75, 3.05) is 4.90 Å². The first-order valence-corrected chi connectivity index (χ1v) is 9.23. The molecule has 1 aromatic heterocycles. The summed E-state index contributed by atoms with van der Waals surface area (Å²) in [7, 11) is 0. The van der Waals surface area contributed by atoms with Gasteiger partial charge < -0.3 is 9.84 Å². The van der Waals surface area contributed by atoms with Crippen molar-refractivity contribution in [1.82, 2.24) is 15.5 Å². The van der Waals surface area contributed by atoms with Crippen LogP contribution in [0.25, 0.3) is 11.4 Å². The number of benzene rings is 2. The molecule has 28 heavy (non-hydrogen) atoms. The van der Waals surface area contributed by atoms with E-state index in [1.165, 1.54) is 0 Å². The first kappa shape index (κ1) is 18.2. The number of nitrogens with one attached hydrogen (secondary N) is 1. The van der Waals surface area contributed by atoms with Gasteiger partial charge >= 0.3 is 0 Å². The van der Waals surface area contributed by atoms with Gasteiger partial charge in [-0.3, -0.25) is 14.5 Å². The summed E-state index contributed by atoms with van der Waals surface area (Å²) in [6.07, 6.45) is 0.809. The highest BCUT2D eigenvalue weighted by Crippen LogP contribution is 2.26. The first-order valence-electron chi connectivity index (χ1n) is 8.85. The van der Waals surface area contributed by atoms with E-state index in [1.807, 2.05) is 36.4 Å². The number of rotatable bonds is 5. The molecule has 7 nitrogen and oxygen atoms in total. The van der Waals surface area contributed by atoms with Gasteiger partial charge in [0.05, 0.1) is 6.54 Å². The van der Waals surface area contributed by atoms with E-state index in [1.54, 1.807) is 23.1 Å². The Labute approximate surface area is 166 Å². The highest BCUT2D eigenvalue weighted by Gasteiger charge is 2.37. The second kappa shape index (κ2) is 7.82. The molecule has 2 amide bonds. The summed E-state index contributed by atoms with van der Waals surface area (Å²) >= 11 is 5.98. The molecule has 2 aromatic carbocycles. The molecule has 1 fully saturated rings. The fourth-order valence-corrected chi connectivity index (χ4v) is 3.39. The molecule has 0 bridgehead atoms. The van der Waals surface area contributed by atoms with Gasteiger partial charge in [-0.05, 0) is 30.7 Å². The third-order valence-corrected chi connectivity index (χ3v) is 4.75. The minimum atomic E-state index is -0.551. The monoisotopic (exact) mass is 396 g/mol. The van der Waals surface area contributed by atoms with Gasteiger partial charge in [-0.15, -0.1) is 0 Å². The summed E-state index contributed by atoms with van der Waals surface area (Å²) < 4.78 is 5.21. The summed E-state index contributed by atoms with van der Waals surface area (Å²) in [6, 6.07) is 15.7. The average molecular weight is 397 g/mol. The van der Waals surface area contributed by atoms with Crippen LogP contribution in [-0.4, -0.2) is 28.0 Å². The third-order valence-electron chi connectivity index (χ3n) is 4.51. The van der Waals surface area contributed by atoms with Crippen molar-refractivity contribution in [3.8, 4) is 11.4 Å². The van der Waals surface area contributed by atoms with E-state index in [-0.39, 0.29) is 24.2 Å². The summed E-state index contributed by atoms with van der Waals surface area (Å²) in [5.74, 6) is 0.359. The summed E-state index contributed by atoms with van der Waals surface area (Å²) in [5.41, 5.74) is 1.44. The fourth-order valence-electron chi connectivity index (χ4n) is 3.20. The quantitative estimate of drug-likeness (QED) is 0.715. The maximum atomic E-state index is 12.7. The molecule has 2 heterocycles. The van der Waals surface area contributed by atoms with E-state index in [9.17, 15) is 9.59 Å². The van der Waals surface area contributed by atoms with Gasteiger partial charge in [0.25, 0.3) is 0 Å². The maximum absolute atomic E-state index is 12.7. The normalized spacial score (nSPS) is 16.4. The summed E-state index contributed by atoms with van der Waals surface area (Å²) in [6.45, 7) is 0.0831. The van der Waals surface area contributed by atoms with Crippen LogP contribution >= 0.6 is 11.6 Å². The number of halogens is 1. The lowest BCUT2D eigenvalue weighted by Gasteiger charge is -2.23. The number of carbonyl (C=O) groups is 2. The molecule has 8 heteroatoms. The largest absolute Gasteiger partial charge is 0.345 e. The molecule has 0 radical (unpaired) electrons. The van der Waals surface area contributed by atoms with Crippen molar-refractivity contribution in [2.24, 2.45) is 0 Å². The zero-order valence-corrected chi connectivity index (χ0v) is 15.6. The smallest absolute Gasteiger partial charge is 0.246 e. The molecule has 3 aromatic rings. The van der Waals surface area contributed by atoms with Crippen molar-refractivity contribution in [3.63, 3.8) is 0 Å². The summed E-state index contributed by atoms with van der Waals surface area (Å²) in [4.78, 5) is 30.7. The number of anilines is 1. The fraction of sp³-hybridized carbons (Fsp3) is 0.200. The Morgan fingerprint density at radius 2 is 2.04 bits per heavy atom. The molecule has 1 saturated heterocycles. The molecule has 0 spiro atoms. The van der Waals surface area contributed by atoms with Gasteiger partial charge in [0.15, 0.2) is 0 Å². The molecule has 1 atom stereocenters. The van der Waals surface area contributed by atoms with E-state index < -0.39 is 6.04 Å². The number of para-hydroxylation sites is 1. The van der Waals surface area contributed by atoms with E-state index in [4.69, 9.17) is 16.1 Å². The predicted molar refractivity (Wildman–Crippen MR) is 104 cm³/mol. The van der Waals surface area contributed by atoms with Crippen LogP contribution in [0.3, 0.4) is 0 Å². The molecule has 0 saturated carbocycles. The predicted octanol–water partition coefficient (Wildman–Crippen LogP) is 3.20. The van der Waals surface area contributed by atoms with Crippen LogP contribution in [0.4, 0.5) is 5.69 Å². The van der Waals surface area contributed by atoms with Gasteiger partial charge in [0, 0.05) is 22.7 Å². The van der Waals surface area contributed by atoms with Gasteiger partial charge in [-0.25, -0.2) is 0 Å². The SMILES string of the molecule is O=C(NCc1nc(-c2cccc(Cl)c2)no1)C1CCC(=O)N1c1ccccc1. The topological polar surface area (TPSA) is 88.3 Å². The Balaban J connectivity index is 1.42. The number of hydrogen-bond donors (Lipinski definition) is 1. The van der Waals surface area contributed by atoms with Crippen LogP contribution in [0.15, 0.2) is 59.1 Å². The highest BCUT2D eigenvalue weighted by molar-refractivity contribution is 6.30. The van der Waals surface area contributed by atoms with Crippen LogP contribution in [0, 0.1) is 0 Å². The van der Waals surface area contributed by atoms with Gasteiger partial charge in [-0.2, -0.15) is 4.98 Å². The van der Waals surface area contributed by atoms with Crippen molar-refractivity contribution in [2.45, 2.75) is 25.4 Å². The zero-order chi connectivity index (χ0) is 19.5. The Bertz CT molecular complexity index is 1010. The minimum Gasteiger partial charge on any atom is -0.345 e.